The van der Waals surface area contributed by atoms with Gasteiger partial charge in [0.05, 0.1) is 0 Å². The lowest BCUT2D eigenvalue weighted by Gasteiger charge is -2.22. The van der Waals surface area contributed by atoms with E-state index in [2.05, 4.69) is 33.0 Å². The second-order valence-corrected chi connectivity index (χ2v) is 4.73. The number of hydrogen-bond acceptors (Lipinski definition) is 2. The normalized spacial score (nSPS) is 12.5. The van der Waals surface area contributed by atoms with E-state index in [0.717, 1.165) is 25.6 Å². The molecule has 0 aliphatic rings. The zero-order chi connectivity index (χ0) is 9.61. The molecule has 2 heteroatoms. The van der Waals surface area contributed by atoms with Crippen LogP contribution in [-0.2, 0) is 0 Å². The summed E-state index contributed by atoms with van der Waals surface area (Å²) in [6.45, 7) is 11.8. The summed E-state index contributed by atoms with van der Waals surface area (Å²) in [4.78, 5) is 0. The average Bonchev–Trinajstić information content (AvgIpc) is 1.98. The molecule has 0 bridgehead atoms. The van der Waals surface area contributed by atoms with Crippen molar-refractivity contribution >= 4 is 0 Å². The Labute approximate surface area is 76.9 Å². The van der Waals surface area contributed by atoms with Gasteiger partial charge in [0.25, 0.3) is 0 Å². The van der Waals surface area contributed by atoms with Crippen LogP contribution in [0.2, 0.25) is 0 Å². The first kappa shape index (κ1) is 11.9. The van der Waals surface area contributed by atoms with Crippen molar-refractivity contribution in [3.05, 3.63) is 0 Å². The van der Waals surface area contributed by atoms with E-state index in [0.29, 0.717) is 0 Å². The van der Waals surface area contributed by atoms with Crippen molar-refractivity contribution in [1.82, 2.24) is 5.32 Å². The van der Waals surface area contributed by atoms with Crippen molar-refractivity contribution in [1.29, 1.82) is 0 Å². The molecule has 0 atom stereocenters. The lowest BCUT2D eigenvalue weighted by molar-refractivity contribution is 0.346. The predicted octanol–water partition coefficient (Wildman–Crippen LogP) is 1.61. The topological polar surface area (TPSA) is 38.0 Å². The third kappa shape index (κ3) is 6.62. The molecule has 0 unspecified atom stereocenters. The second kappa shape index (κ2) is 5.55. The zero-order valence-electron chi connectivity index (χ0n) is 8.98. The van der Waals surface area contributed by atoms with Gasteiger partial charge in [-0.15, -0.1) is 0 Å². The number of nitrogens with one attached hydrogen (secondary N) is 1. The van der Waals surface area contributed by atoms with Gasteiger partial charge in [0.1, 0.15) is 0 Å². The quantitative estimate of drug-likeness (QED) is 0.597. The minimum atomic E-state index is 0.247. The van der Waals surface area contributed by atoms with E-state index in [-0.39, 0.29) is 5.41 Å². The number of rotatable bonds is 6. The zero-order valence-corrected chi connectivity index (χ0v) is 8.98. The second-order valence-electron chi connectivity index (χ2n) is 4.73. The van der Waals surface area contributed by atoms with Gasteiger partial charge in [-0.1, -0.05) is 27.7 Å². The minimum Gasteiger partial charge on any atom is -0.330 e. The Hall–Kier alpha value is -0.0800. The molecule has 74 valence electrons. The van der Waals surface area contributed by atoms with E-state index in [1.807, 2.05) is 0 Å². The molecule has 0 saturated carbocycles. The van der Waals surface area contributed by atoms with Crippen LogP contribution in [0.25, 0.3) is 0 Å². The van der Waals surface area contributed by atoms with Crippen molar-refractivity contribution in [3.8, 4) is 0 Å². The summed E-state index contributed by atoms with van der Waals surface area (Å²) >= 11 is 0. The van der Waals surface area contributed by atoms with Gasteiger partial charge in [0.2, 0.25) is 0 Å². The summed E-state index contributed by atoms with van der Waals surface area (Å²) in [6.07, 6.45) is 1.25. The minimum absolute atomic E-state index is 0.247. The van der Waals surface area contributed by atoms with Gasteiger partial charge >= 0.3 is 0 Å². The van der Waals surface area contributed by atoms with Crippen LogP contribution >= 0.6 is 0 Å². The maximum absolute atomic E-state index is 5.61. The van der Waals surface area contributed by atoms with Gasteiger partial charge in [-0.25, -0.2) is 0 Å². The van der Waals surface area contributed by atoms with E-state index < -0.39 is 0 Å². The third-order valence-corrected chi connectivity index (χ3v) is 2.05. The van der Waals surface area contributed by atoms with Crippen LogP contribution in [0.4, 0.5) is 0 Å². The smallest absolute Gasteiger partial charge is 0.00146 e. The van der Waals surface area contributed by atoms with Crippen LogP contribution < -0.4 is 11.1 Å². The van der Waals surface area contributed by atoms with E-state index in [1.54, 1.807) is 0 Å². The molecular formula is C10H24N2. The molecule has 0 aliphatic heterocycles. The molecule has 3 N–H and O–H groups in total. The molecule has 0 radical (unpaired) electrons. The third-order valence-electron chi connectivity index (χ3n) is 2.05. The molecule has 0 amide bonds. The number of nitrogens with two attached hydrogens (primary N) is 1. The van der Waals surface area contributed by atoms with Gasteiger partial charge in [-0.2, -0.15) is 0 Å². The lowest BCUT2D eigenvalue weighted by Crippen LogP contribution is -2.36. The summed E-state index contributed by atoms with van der Waals surface area (Å²) in [7, 11) is 0. The molecule has 0 fully saturated rings. The molecule has 0 aromatic rings. The largest absolute Gasteiger partial charge is 0.330 e. The standard InChI is InChI=1S/C10H24N2/c1-9(2)5-6-12-8-10(3,4)7-11/h9,12H,5-8,11H2,1-4H3. The Balaban J connectivity index is 3.31. The van der Waals surface area contributed by atoms with Gasteiger partial charge in [-0.3, -0.25) is 0 Å². The van der Waals surface area contributed by atoms with Crippen LogP contribution in [0.5, 0.6) is 0 Å². The molecule has 12 heavy (non-hydrogen) atoms. The predicted molar refractivity (Wildman–Crippen MR) is 55.2 cm³/mol. The fraction of sp³-hybridized carbons (Fsp3) is 1.00. The summed E-state index contributed by atoms with van der Waals surface area (Å²) in [5.74, 6) is 0.790. The highest BCUT2D eigenvalue weighted by Gasteiger charge is 2.13. The first-order valence-electron chi connectivity index (χ1n) is 4.89. The molecule has 0 saturated heterocycles. The molecule has 0 spiro atoms. The van der Waals surface area contributed by atoms with Crippen molar-refractivity contribution in [2.24, 2.45) is 17.1 Å². The summed E-state index contributed by atoms with van der Waals surface area (Å²) < 4.78 is 0. The van der Waals surface area contributed by atoms with E-state index >= 15 is 0 Å². The van der Waals surface area contributed by atoms with Crippen LogP contribution in [0.15, 0.2) is 0 Å². The fourth-order valence-electron chi connectivity index (χ4n) is 0.890. The Kier molecular flexibility index (Phi) is 5.51. The first-order valence-corrected chi connectivity index (χ1v) is 4.89. The number of hydrogen-bond donors (Lipinski definition) is 2. The molecule has 2 nitrogen and oxygen atoms in total. The molecule has 0 aliphatic carbocycles. The van der Waals surface area contributed by atoms with Gasteiger partial charge in [0.15, 0.2) is 0 Å². The Bertz CT molecular complexity index is 108. The SMILES string of the molecule is CC(C)CCNCC(C)(C)CN. The maximum Gasteiger partial charge on any atom is 0.00146 e. The van der Waals surface area contributed by atoms with Crippen molar-refractivity contribution < 1.29 is 0 Å². The van der Waals surface area contributed by atoms with Gasteiger partial charge in [0, 0.05) is 6.54 Å². The molecule has 0 heterocycles. The molecular weight excluding hydrogens is 148 g/mol. The van der Waals surface area contributed by atoms with E-state index in [9.17, 15) is 0 Å². The van der Waals surface area contributed by atoms with Crippen molar-refractivity contribution in [2.75, 3.05) is 19.6 Å². The van der Waals surface area contributed by atoms with Crippen LogP contribution in [-0.4, -0.2) is 19.6 Å². The highest BCUT2D eigenvalue weighted by molar-refractivity contribution is 4.71. The lowest BCUT2D eigenvalue weighted by atomic mass is 9.94. The van der Waals surface area contributed by atoms with E-state index in [4.69, 9.17) is 5.73 Å². The highest BCUT2D eigenvalue weighted by Crippen LogP contribution is 2.10. The molecule has 0 aromatic carbocycles. The maximum atomic E-state index is 5.61. The summed E-state index contributed by atoms with van der Waals surface area (Å²) in [6, 6.07) is 0. The highest BCUT2D eigenvalue weighted by atomic mass is 14.9. The van der Waals surface area contributed by atoms with Crippen molar-refractivity contribution in [3.63, 3.8) is 0 Å². The first-order chi connectivity index (χ1) is 5.48. The monoisotopic (exact) mass is 172 g/mol. The van der Waals surface area contributed by atoms with E-state index in [1.165, 1.54) is 6.42 Å². The fourth-order valence-corrected chi connectivity index (χ4v) is 0.890. The Morgan fingerprint density at radius 1 is 1.33 bits per heavy atom. The molecule has 0 rings (SSSR count). The van der Waals surface area contributed by atoms with Gasteiger partial charge < -0.3 is 11.1 Å². The van der Waals surface area contributed by atoms with Crippen LogP contribution in [0, 0.1) is 11.3 Å². The van der Waals surface area contributed by atoms with Crippen LogP contribution in [0.3, 0.4) is 0 Å². The van der Waals surface area contributed by atoms with Gasteiger partial charge in [-0.05, 0) is 30.8 Å². The average molecular weight is 172 g/mol. The molecule has 0 aromatic heterocycles. The van der Waals surface area contributed by atoms with Crippen molar-refractivity contribution in [2.45, 2.75) is 34.1 Å². The Morgan fingerprint density at radius 2 is 1.92 bits per heavy atom. The van der Waals surface area contributed by atoms with Crippen LogP contribution in [0.1, 0.15) is 34.1 Å². The summed E-state index contributed by atoms with van der Waals surface area (Å²) in [5.41, 5.74) is 5.86. The Morgan fingerprint density at radius 3 is 2.33 bits per heavy atom. The summed E-state index contributed by atoms with van der Waals surface area (Å²) in [5, 5.41) is 3.43.